The lowest BCUT2D eigenvalue weighted by Gasteiger charge is -2.44. The Morgan fingerprint density at radius 3 is 2.24 bits per heavy atom. The van der Waals surface area contributed by atoms with E-state index >= 15 is 0 Å². The van der Waals surface area contributed by atoms with Gasteiger partial charge in [-0.25, -0.2) is 13.2 Å². The van der Waals surface area contributed by atoms with E-state index in [4.69, 9.17) is 4.74 Å². The van der Waals surface area contributed by atoms with Gasteiger partial charge < -0.3 is 18.8 Å². The minimum absolute atomic E-state index is 0.175. The van der Waals surface area contributed by atoms with Crippen LogP contribution in [-0.4, -0.2) is 62.5 Å². The third-order valence-electron chi connectivity index (χ3n) is 9.84. The highest BCUT2D eigenvalue weighted by molar-refractivity contribution is 7.89. The number of nitrogens with one attached hydrogen (secondary N) is 1. The molecule has 11 heteroatoms. The molecule has 0 saturated carbocycles. The van der Waals surface area contributed by atoms with Crippen molar-refractivity contribution in [1.29, 1.82) is 0 Å². The number of nitrogens with zero attached hydrogens (tertiary/aromatic N) is 3. The first-order chi connectivity index (χ1) is 21.5. The summed E-state index contributed by atoms with van der Waals surface area (Å²) in [7, 11) is -6.07. The lowest BCUT2D eigenvalue weighted by molar-refractivity contribution is -0.118. The number of rotatable bonds is 8. The van der Waals surface area contributed by atoms with Gasteiger partial charge in [0.15, 0.2) is 8.24 Å². The molecule has 1 N–H and O–H groups in total. The molecule has 5 rings (SSSR count). The highest BCUT2D eigenvalue weighted by Gasteiger charge is 2.46. The lowest BCUT2D eigenvalue weighted by Crippen LogP contribution is -2.51. The molecule has 9 nitrogen and oxygen atoms in total. The summed E-state index contributed by atoms with van der Waals surface area (Å²) in [5.74, 6) is -0.259. The lowest BCUT2D eigenvalue weighted by atomic mass is 9.99. The predicted octanol–water partition coefficient (Wildman–Crippen LogP) is 7.04. The molecule has 1 saturated heterocycles. The van der Waals surface area contributed by atoms with Crippen LogP contribution in [0.3, 0.4) is 0 Å². The van der Waals surface area contributed by atoms with E-state index in [0.717, 1.165) is 27.7 Å². The molecule has 46 heavy (non-hydrogen) atoms. The number of anilines is 1. The summed E-state index contributed by atoms with van der Waals surface area (Å²) in [6.07, 6.45) is 2.84. The normalized spacial score (nSPS) is 17.9. The molecule has 3 aromatic rings. The Balaban J connectivity index is 1.34. The van der Waals surface area contributed by atoms with Crippen LogP contribution < -0.4 is 9.62 Å². The van der Waals surface area contributed by atoms with Gasteiger partial charge in [0.05, 0.1) is 4.90 Å². The number of hydrogen-bond acceptors (Lipinski definition) is 5. The molecular formula is C35H50N4O5SSi. The number of hydrogen-bond donors (Lipinski definition) is 1. The Labute approximate surface area is 275 Å². The number of carbonyl (C=O) groups is 2. The molecule has 2 aromatic carbocycles. The fraction of sp³-hybridized carbons (Fsp3) is 0.543. The van der Waals surface area contributed by atoms with E-state index in [1.165, 1.54) is 0 Å². The summed E-state index contributed by atoms with van der Waals surface area (Å²) in [6, 6.07) is 12.4. The van der Waals surface area contributed by atoms with Gasteiger partial charge in [-0.15, -0.1) is 0 Å². The second kappa shape index (κ2) is 12.5. The molecule has 2 aliphatic rings. The maximum absolute atomic E-state index is 13.7. The van der Waals surface area contributed by atoms with Crippen LogP contribution in [0.25, 0.3) is 10.9 Å². The quantitative estimate of drug-likeness (QED) is 0.260. The second-order valence-corrected chi connectivity index (χ2v) is 22.2. The van der Waals surface area contributed by atoms with Crippen LogP contribution in [-0.2, 0) is 32.5 Å². The van der Waals surface area contributed by atoms with Crippen LogP contribution in [0.4, 0.5) is 10.5 Å². The van der Waals surface area contributed by atoms with E-state index in [2.05, 4.69) is 62.8 Å². The van der Waals surface area contributed by atoms with Gasteiger partial charge in [-0.3, -0.25) is 4.79 Å². The minimum Gasteiger partial charge on any atom is -0.444 e. The van der Waals surface area contributed by atoms with Gasteiger partial charge in [-0.05, 0) is 103 Å². The number of amides is 2. The van der Waals surface area contributed by atoms with Crippen LogP contribution in [0, 0.1) is 0 Å². The summed E-state index contributed by atoms with van der Waals surface area (Å²) in [5.41, 5.74) is 4.58. The number of fused-ring (bicyclic) bond motifs is 2. The molecule has 1 fully saturated rings. The van der Waals surface area contributed by atoms with Crippen molar-refractivity contribution in [2.24, 2.45) is 0 Å². The minimum atomic E-state index is -3.96. The fourth-order valence-electron chi connectivity index (χ4n) is 7.94. The van der Waals surface area contributed by atoms with Gasteiger partial charge in [-0.1, -0.05) is 53.7 Å². The number of aromatic nitrogens is 1. The zero-order chi connectivity index (χ0) is 33.8. The van der Waals surface area contributed by atoms with Crippen molar-refractivity contribution in [3.63, 3.8) is 0 Å². The largest absolute Gasteiger partial charge is 0.444 e. The zero-order valence-corrected chi connectivity index (χ0v) is 30.6. The van der Waals surface area contributed by atoms with Gasteiger partial charge in [0.1, 0.15) is 11.6 Å². The molecule has 0 radical (unpaired) electrons. The number of benzene rings is 2. The molecule has 0 bridgehead atoms. The zero-order valence-electron chi connectivity index (χ0n) is 28.8. The molecule has 1 aromatic heterocycles. The monoisotopic (exact) mass is 666 g/mol. The average molecular weight is 667 g/mol. The van der Waals surface area contributed by atoms with E-state index in [0.29, 0.717) is 49.1 Å². The Bertz CT molecular complexity index is 1720. The third-order valence-corrected chi connectivity index (χ3v) is 18.1. The van der Waals surface area contributed by atoms with Crippen molar-refractivity contribution < 1.29 is 22.7 Å². The van der Waals surface area contributed by atoms with Crippen molar-refractivity contribution >= 4 is 46.8 Å². The Morgan fingerprint density at radius 2 is 1.61 bits per heavy atom. The molecule has 0 unspecified atom stereocenters. The van der Waals surface area contributed by atoms with Crippen molar-refractivity contribution in [2.75, 3.05) is 18.0 Å². The predicted molar refractivity (Wildman–Crippen MR) is 186 cm³/mol. The third kappa shape index (κ3) is 6.25. The van der Waals surface area contributed by atoms with E-state index < -0.39 is 29.9 Å². The van der Waals surface area contributed by atoms with E-state index in [1.807, 2.05) is 45.0 Å². The summed E-state index contributed by atoms with van der Waals surface area (Å²) >= 11 is 0. The van der Waals surface area contributed by atoms with E-state index in [9.17, 15) is 18.0 Å². The maximum atomic E-state index is 13.7. The molecular weight excluding hydrogens is 617 g/mol. The number of ether oxygens (including phenoxy) is 1. The standard InChI is InChI=1S/C35H50N4O5SSi/c1-23(2)46(24(3)4,25(5)6)39-19-15-26-11-13-30(21-32(26)39)45(42,43)36-31-16-18-38(33(31)40)29-12-10-28-22-37(17-14-27(28)20-29)34(41)44-35(7,8)9/h10-13,15,19-21,23-25,31,36H,14,16-18,22H2,1-9H3/t31-/m0/s1. The van der Waals surface area contributed by atoms with E-state index in [-0.39, 0.29) is 16.9 Å². The Morgan fingerprint density at radius 1 is 0.935 bits per heavy atom. The van der Waals surface area contributed by atoms with Crippen LogP contribution in [0.1, 0.15) is 79.9 Å². The van der Waals surface area contributed by atoms with Crippen LogP contribution in [0.5, 0.6) is 0 Å². The molecule has 2 aliphatic heterocycles. The van der Waals surface area contributed by atoms with Crippen molar-refractivity contribution in [1.82, 2.24) is 13.9 Å². The average Bonchev–Trinajstić information content (AvgIpc) is 3.54. The molecule has 2 amide bonds. The Kier molecular flexibility index (Phi) is 9.26. The van der Waals surface area contributed by atoms with Gasteiger partial charge in [0.25, 0.3) is 0 Å². The summed E-state index contributed by atoms with van der Waals surface area (Å²) in [6.45, 7) is 20.7. The molecule has 0 spiro atoms. The maximum Gasteiger partial charge on any atom is 0.410 e. The SMILES string of the molecule is CC(C)[Si](C(C)C)(C(C)C)n1ccc2ccc(S(=O)(=O)N[C@H]3CCN(c4ccc5c(c4)CCN(C(=O)OC(C)(C)C)C5)C3=O)cc21. The van der Waals surface area contributed by atoms with Crippen LogP contribution in [0.15, 0.2) is 53.6 Å². The summed E-state index contributed by atoms with van der Waals surface area (Å²) in [5, 5.41) is 1.02. The fourth-order valence-corrected chi connectivity index (χ4v) is 15.8. The number of sulfonamides is 1. The van der Waals surface area contributed by atoms with Crippen LogP contribution in [0.2, 0.25) is 16.6 Å². The van der Waals surface area contributed by atoms with Crippen LogP contribution >= 0.6 is 0 Å². The van der Waals surface area contributed by atoms with Crippen molar-refractivity contribution in [2.45, 2.75) is 115 Å². The molecule has 250 valence electrons. The first-order valence-corrected chi connectivity index (χ1v) is 20.2. The highest BCUT2D eigenvalue weighted by atomic mass is 32.2. The molecule has 1 atom stereocenters. The van der Waals surface area contributed by atoms with Crippen molar-refractivity contribution in [3.8, 4) is 0 Å². The summed E-state index contributed by atoms with van der Waals surface area (Å²) in [4.78, 5) is 29.7. The number of carbonyl (C=O) groups excluding carboxylic acids is 2. The first-order valence-electron chi connectivity index (χ1n) is 16.5. The smallest absolute Gasteiger partial charge is 0.410 e. The topological polar surface area (TPSA) is 101 Å². The van der Waals surface area contributed by atoms with Gasteiger partial charge in [0.2, 0.25) is 15.9 Å². The van der Waals surface area contributed by atoms with E-state index in [1.54, 1.807) is 21.9 Å². The van der Waals surface area contributed by atoms with Gasteiger partial charge >= 0.3 is 6.09 Å². The van der Waals surface area contributed by atoms with Crippen molar-refractivity contribution in [3.05, 3.63) is 59.8 Å². The Hall–Kier alpha value is -3.15. The second-order valence-electron chi connectivity index (χ2n) is 14.8. The van der Waals surface area contributed by atoms with Gasteiger partial charge in [0, 0.05) is 30.8 Å². The molecule has 3 heterocycles. The first kappa shape index (κ1) is 34.2. The molecule has 0 aliphatic carbocycles. The highest BCUT2D eigenvalue weighted by Crippen LogP contribution is 2.44. The van der Waals surface area contributed by atoms with Gasteiger partial charge in [-0.2, -0.15) is 4.72 Å². The summed E-state index contributed by atoms with van der Waals surface area (Å²) < 4.78 is 38.2.